The maximum atomic E-state index is 13.3. The van der Waals surface area contributed by atoms with Crippen molar-refractivity contribution in [2.24, 2.45) is 0 Å². The fourth-order valence-electron chi connectivity index (χ4n) is 3.12. The van der Waals surface area contributed by atoms with E-state index in [4.69, 9.17) is 0 Å². The zero-order chi connectivity index (χ0) is 18.0. The number of rotatable bonds is 5. The zero-order valence-corrected chi connectivity index (χ0v) is 14.3. The topological polar surface area (TPSA) is 67.2 Å². The summed E-state index contributed by atoms with van der Waals surface area (Å²) >= 11 is 0. The molecule has 1 fully saturated rings. The Kier molecular flexibility index (Phi) is 4.83. The number of aryl methyl sites for hydroxylation is 2. The number of amides is 2. The molecule has 1 atom stereocenters. The standard InChI is InChI=1S/C18H21FN4O2/c1-12-6-13(2)23(21-12)11-17(24)20-16-8-18(25)22(10-16)9-14-4-3-5-15(19)7-14/h3-7,16H,8-11H2,1-2H3,(H,20,24). The molecule has 3 rings (SSSR count). The van der Waals surface area contributed by atoms with Gasteiger partial charge in [-0.3, -0.25) is 14.3 Å². The van der Waals surface area contributed by atoms with Gasteiger partial charge in [-0.15, -0.1) is 0 Å². The van der Waals surface area contributed by atoms with Crippen LogP contribution in [0, 0.1) is 19.7 Å². The molecule has 6 nitrogen and oxygen atoms in total. The van der Waals surface area contributed by atoms with E-state index in [-0.39, 0.29) is 36.6 Å². The summed E-state index contributed by atoms with van der Waals surface area (Å²) in [5.41, 5.74) is 2.52. The molecule has 1 aromatic carbocycles. The van der Waals surface area contributed by atoms with Gasteiger partial charge in [0.05, 0.1) is 11.7 Å². The fourth-order valence-corrected chi connectivity index (χ4v) is 3.12. The van der Waals surface area contributed by atoms with E-state index >= 15 is 0 Å². The third-order valence-electron chi connectivity index (χ3n) is 4.24. The molecule has 0 radical (unpaired) electrons. The molecule has 1 saturated heterocycles. The molecule has 1 aromatic heterocycles. The van der Waals surface area contributed by atoms with Crippen molar-refractivity contribution in [3.63, 3.8) is 0 Å². The molecular weight excluding hydrogens is 323 g/mol. The summed E-state index contributed by atoms with van der Waals surface area (Å²) in [5.74, 6) is -0.531. The first kappa shape index (κ1) is 17.1. The van der Waals surface area contributed by atoms with Crippen molar-refractivity contribution >= 4 is 11.8 Å². The van der Waals surface area contributed by atoms with Gasteiger partial charge in [0.2, 0.25) is 11.8 Å². The quantitative estimate of drug-likeness (QED) is 0.895. The molecule has 1 N–H and O–H groups in total. The Morgan fingerprint density at radius 2 is 2.16 bits per heavy atom. The number of nitrogens with zero attached hydrogens (tertiary/aromatic N) is 3. The molecule has 0 bridgehead atoms. The van der Waals surface area contributed by atoms with Crippen LogP contribution in [0.25, 0.3) is 0 Å². The Balaban J connectivity index is 1.55. The van der Waals surface area contributed by atoms with Gasteiger partial charge in [-0.25, -0.2) is 4.39 Å². The molecule has 0 saturated carbocycles. The maximum absolute atomic E-state index is 13.3. The van der Waals surface area contributed by atoms with Crippen LogP contribution in [0.1, 0.15) is 23.4 Å². The SMILES string of the molecule is Cc1cc(C)n(CC(=O)NC2CC(=O)N(Cc3cccc(F)c3)C2)n1. The van der Waals surface area contributed by atoms with Crippen molar-refractivity contribution in [3.8, 4) is 0 Å². The minimum atomic E-state index is -0.320. The lowest BCUT2D eigenvalue weighted by atomic mass is 10.2. The van der Waals surface area contributed by atoms with Crippen LogP contribution in [-0.4, -0.2) is 39.1 Å². The van der Waals surface area contributed by atoms with Crippen molar-refractivity contribution in [2.75, 3.05) is 6.54 Å². The Morgan fingerprint density at radius 3 is 2.84 bits per heavy atom. The van der Waals surface area contributed by atoms with Gasteiger partial charge >= 0.3 is 0 Å². The molecule has 25 heavy (non-hydrogen) atoms. The van der Waals surface area contributed by atoms with E-state index in [1.807, 2.05) is 19.9 Å². The van der Waals surface area contributed by atoms with Crippen LogP contribution >= 0.6 is 0 Å². The number of likely N-dealkylation sites (tertiary alicyclic amines) is 1. The van der Waals surface area contributed by atoms with Crippen LogP contribution < -0.4 is 5.32 Å². The molecule has 0 spiro atoms. The third-order valence-corrected chi connectivity index (χ3v) is 4.24. The van der Waals surface area contributed by atoms with Crippen molar-refractivity contribution in [1.82, 2.24) is 20.0 Å². The van der Waals surface area contributed by atoms with E-state index in [0.717, 1.165) is 17.0 Å². The first-order valence-corrected chi connectivity index (χ1v) is 8.23. The first-order chi connectivity index (χ1) is 11.9. The molecule has 1 aliphatic rings. The summed E-state index contributed by atoms with van der Waals surface area (Å²) in [7, 11) is 0. The molecule has 1 aliphatic heterocycles. The van der Waals surface area contributed by atoms with E-state index in [1.54, 1.807) is 21.7 Å². The number of halogens is 1. The smallest absolute Gasteiger partial charge is 0.242 e. The van der Waals surface area contributed by atoms with Crippen molar-refractivity contribution in [1.29, 1.82) is 0 Å². The predicted octanol–water partition coefficient (Wildman–Crippen LogP) is 1.56. The third kappa shape index (κ3) is 4.23. The average Bonchev–Trinajstić information content (AvgIpc) is 3.01. The van der Waals surface area contributed by atoms with Crippen LogP contribution in [0.4, 0.5) is 4.39 Å². The number of benzene rings is 1. The second-order valence-electron chi connectivity index (χ2n) is 6.46. The van der Waals surface area contributed by atoms with Gasteiger partial charge in [0.1, 0.15) is 12.4 Å². The Labute approximate surface area is 145 Å². The van der Waals surface area contributed by atoms with E-state index in [2.05, 4.69) is 10.4 Å². The highest BCUT2D eigenvalue weighted by molar-refractivity contribution is 5.82. The lowest BCUT2D eigenvalue weighted by Gasteiger charge is -2.17. The minimum Gasteiger partial charge on any atom is -0.349 e. The second kappa shape index (κ2) is 7.04. The van der Waals surface area contributed by atoms with Crippen molar-refractivity contribution in [3.05, 3.63) is 53.1 Å². The van der Waals surface area contributed by atoms with Gasteiger partial charge in [-0.05, 0) is 37.6 Å². The van der Waals surface area contributed by atoms with Gasteiger partial charge < -0.3 is 10.2 Å². The molecule has 7 heteroatoms. The molecular formula is C18H21FN4O2. The van der Waals surface area contributed by atoms with Crippen molar-refractivity contribution < 1.29 is 14.0 Å². The van der Waals surface area contributed by atoms with Gasteiger partial charge in [0.15, 0.2) is 0 Å². The maximum Gasteiger partial charge on any atom is 0.242 e. The Bertz CT molecular complexity index is 802. The minimum absolute atomic E-state index is 0.0410. The fraction of sp³-hybridized carbons (Fsp3) is 0.389. The number of hydrogen-bond donors (Lipinski definition) is 1. The molecule has 2 amide bonds. The van der Waals surface area contributed by atoms with Crippen LogP contribution in [0.5, 0.6) is 0 Å². The number of carbonyl (C=O) groups excluding carboxylic acids is 2. The monoisotopic (exact) mass is 344 g/mol. The van der Waals surface area contributed by atoms with Gasteiger partial charge in [0.25, 0.3) is 0 Å². The molecule has 2 heterocycles. The molecule has 1 unspecified atom stereocenters. The summed E-state index contributed by atoms with van der Waals surface area (Å²) in [5, 5.41) is 7.15. The Morgan fingerprint density at radius 1 is 1.36 bits per heavy atom. The van der Waals surface area contributed by atoms with Crippen LogP contribution in [0.3, 0.4) is 0 Å². The number of hydrogen-bond acceptors (Lipinski definition) is 3. The highest BCUT2D eigenvalue weighted by Crippen LogP contribution is 2.16. The summed E-state index contributed by atoms with van der Waals surface area (Å²) in [6.45, 7) is 4.68. The Hall–Kier alpha value is -2.70. The highest BCUT2D eigenvalue weighted by atomic mass is 19.1. The van der Waals surface area contributed by atoms with Crippen LogP contribution in [0.15, 0.2) is 30.3 Å². The van der Waals surface area contributed by atoms with E-state index < -0.39 is 0 Å². The molecule has 0 aliphatic carbocycles. The number of carbonyl (C=O) groups is 2. The zero-order valence-electron chi connectivity index (χ0n) is 14.3. The predicted molar refractivity (Wildman–Crippen MR) is 90.1 cm³/mol. The summed E-state index contributed by atoms with van der Waals surface area (Å²) < 4.78 is 14.9. The lowest BCUT2D eigenvalue weighted by molar-refractivity contribution is -0.128. The van der Waals surface area contributed by atoms with E-state index in [1.165, 1.54) is 12.1 Å². The van der Waals surface area contributed by atoms with Crippen LogP contribution in [0.2, 0.25) is 0 Å². The summed E-state index contributed by atoms with van der Waals surface area (Å²) in [4.78, 5) is 26.0. The average molecular weight is 344 g/mol. The highest BCUT2D eigenvalue weighted by Gasteiger charge is 2.30. The van der Waals surface area contributed by atoms with E-state index in [0.29, 0.717) is 13.1 Å². The van der Waals surface area contributed by atoms with E-state index in [9.17, 15) is 14.0 Å². The van der Waals surface area contributed by atoms with Crippen molar-refractivity contribution in [2.45, 2.75) is 39.4 Å². The summed E-state index contributed by atoms with van der Waals surface area (Å²) in [6, 6.07) is 7.88. The number of nitrogens with one attached hydrogen (secondary N) is 1. The summed E-state index contributed by atoms with van der Waals surface area (Å²) in [6.07, 6.45) is 0.262. The largest absolute Gasteiger partial charge is 0.349 e. The van der Waals surface area contributed by atoms with Gasteiger partial charge in [-0.1, -0.05) is 12.1 Å². The number of aromatic nitrogens is 2. The first-order valence-electron chi connectivity index (χ1n) is 8.23. The van der Waals surface area contributed by atoms with Gasteiger partial charge in [0, 0.05) is 25.2 Å². The second-order valence-corrected chi connectivity index (χ2v) is 6.46. The lowest BCUT2D eigenvalue weighted by Crippen LogP contribution is -2.39. The molecule has 2 aromatic rings. The molecule has 132 valence electrons. The van der Waals surface area contributed by atoms with Gasteiger partial charge in [-0.2, -0.15) is 5.10 Å². The normalized spacial score (nSPS) is 17.2. The van der Waals surface area contributed by atoms with Crippen LogP contribution in [-0.2, 0) is 22.7 Å².